The van der Waals surface area contributed by atoms with Crippen molar-refractivity contribution in [2.45, 2.75) is 44.7 Å². The number of carbonyl (C=O) groups excluding carboxylic acids is 2. The molecule has 1 aromatic carbocycles. The molecule has 2 aliphatic rings. The zero-order valence-electron chi connectivity index (χ0n) is 15.2. The van der Waals surface area contributed by atoms with E-state index in [9.17, 15) is 9.59 Å². The van der Waals surface area contributed by atoms with E-state index in [1.165, 1.54) is 0 Å². The van der Waals surface area contributed by atoms with Crippen molar-refractivity contribution in [2.75, 3.05) is 31.1 Å². The molecule has 2 N–H and O–H groups in total. The second-order valence-corrected chi connectivity index (χ2v) is 7.50. The molecule has 0 bridgehead atoms. The minimum Gasteiger partial charge on any atom is -0.368 e. The van der Waals surface area contributed by atoms with Gasteiger partial charge in [-0.3, -0.25) is 15.0 Å². The number of imide groups is 1. The molecular weight excluding hydrogens is 352 g/mol. The van der Waals surface area contributed by atoms with E-state index in [0.717, 1.165) is 62.6 Å². The van der Waals surface area contributed by atoms with Crippen LogP contribution in [0.1, 0.15) is 32.6 Å². The van der Waals surface area contributed by atoms with Gasteiger partial charge in [-0.15, -0.1) is 0 Å². The molecule has 1 unspecified atom stereocenters. The maximum absolute atomic E-state index is 12.4. The third kappa shape index (κ3) is 4.68. The number of urea groups is 1. The van der Waals surface area contributed by atoms with Crippen molar-refractivity contribution in [1.82, 2.24) is 15.5 Å². The van der Waals surface area contributed by atoms with Crippen molar-refractivity contribution < 1.29 is 9.59 Å². The molecular formula is C19H27ClN4O2. The molecule has 3 amide bonds. The highest BCUT2D eigenvalue weighted by Crippen LogP contribution is 2.26. The molecule has 1 saturated carbocycles. The van der Waals surface area contributed by atoms with Crippen LogP contribution in [0, 0.1) is 0 Å². The number of anilines is 1. The number of nitrogens with zero attached hydrogens (tertiary/aromatic N) is 2. The van der Waals surface area contributed by atoms with Crippen molar-refractivity contribution in [3.63, 3.8) is 0 Å². The lowest BCUT2D eigenvalue weighted by molar-refractivity contribution is -0.124. The fourth-order valence-corrected chi connectivity index (χ4v) is 3.99. The van der Waals surface area contributed by atoms with Gasteiger partial charge in [-0.2, -0.15) is 0 Å². The molecule has 1 atom stereocenters. The highest BCUT2D eigenvalue weighted by Gasteiger charge is 2.27. The normalized spacial score (nSPS) is 20.0. The van der Waals surface area contributed by atoms with E-state index in [1.807, 2.05) is 31.2 Å². The van der Waals surface area contributed by atoms with Crippen molar-refractivity contribution in [3.8, 4) is 0 Å². The van der Waals surface area contributed by atoms with Crippen LogP contribution < -0.4 is 15.5 Å². The lowest BCUT2D eigenvalue weighted by atomic mass is 10.2. The Kier molecular flexibility index (Phi) is 6.38. The summed E-state index contributed by atoms with van der Waals surface area (Å²) in [6.45, 7) is 4.96. The largest absolute Gasteiger partial charge is 0.368 e. The molecule has 6 nitrogen and oxygen atoms in total. The summed E-state index contributed by atoms with van der Waals surface area (Å²) < 4.78 is 0. The fraction of sp³-hybridized carbons (Fsp3) is 0.579. The van der Waals surface area contributed by atoms with Crippen LogP contribution in [0.5, 0.6) is 0 Å². The van der Waals surface area contributed by atoms with E-state index in [2.05, 4.69) is 20.4 Å². The molecule has 2 fully saturated rings. The van der Waals surface area contributed by atoms with Gasteiger partial charge in [-0.25, -0.2) is 4.79 Å². The van der Waals surface area contributed by atoms with Crippen molar-refractivity contribution in [2.24, 2.45) is 0 Å². The SMILES string of the molecule is CC(C(=O)NC(=O)NC1CCCC1)N1CCN(c2ccccc2Cl)CC1. The van der Waals surface area contributed by atoms with Gasteiger partial charge in [-0.1, -0.05) is 36.6 Å². The van der Waals surface area contributed by atoms with Crippen LogP contribution in [0.25, 0.3) is 0 Å². The monoisotopic (exact) mass is 378 g/mol. The minimum absolute atomic E-state index is 0.206. The fourth-order valence-electron chi connectivity index (χ4n) is 3.73. The molecule has 1 heterocycles. The van der Waals surface area contributed by atoms with Gasteiger partial charge >= 0.3 is 6.03 Å². The molecule has 1 aromatic rings. The molecule has 0 aromatic heterocycles. The molecule has 3 rings (SSSR count). The van der Waals surface area contributed by atoms with Gasteiger partial charge in [0, 0.05) is 32.2 Å². The zero-order valence-corrected chi connectivity index (χ0v) is 16.0. The van der Waals surface area contributed by atoms with Gasteiger partial charge in [0.1, 0.15) is 0 Å². The van der Waals surface area contributed by atoms with Crippen LogP contribution >= 0.6 is 11.6 Å². The Balaban J connectivity index is 1.46. The summed E-state index contributed by atoms with van der Waals surface area (Å²) in [7, 11) is 0. The van der Waals surface area contributed by atoms with E-state index in [1.54, 1.807) is 0 Å². The molecule has 0 radical (unpaired) electrons. The number of para-hydroxylation sites is 1. The van der Waals surface area contributed by atoms with E-state index in [-0.39, 0.29) is 24.0 Å². The van der Waals surface area contributed by atoms with Gasteiger partial charge in [0.05, 0.1) is 16.8 Å². The van der Waals surface area contributed by atoms with Crippen molar-refractivity contribution >= 4 is 29.2 Å². The third-order valence-electron chi connectivity index (χ3n) is 5.36. The number of amides is 3. The van der Waals surface area contributed by atoms with Gasteiger partial charge in [0.2, 0.25) is 5.91 Å². The topological polar surface area (TPSA) is 64.7 Å². The summed E-state index contributed by atoms with van der Waals surface area (Å²) in [5, 5.41) is 6.13. The summed E-state index contributed by atoms with van der Waals surface area (Å²) in [6.07, 6.45) is 4.29. The van der Waals surface area contributed by atoms with Crippen molar-refractivity contribution in [1.29, 1.82) is 0 Å². The lowest BCUT2D eigenvalue weighted by Crippen LogP contribution is -2.56. The first-order chi connectivity index (χ1) is 12.5. The second-order valence-electron chi connectivity index (χ2n) is 7.09. The molecule has 0 spiro atoms. The van der Waals surface area contributed by atoms with Gasteiger partial charge in [0.25, 0.3) is 0 Å². The first kappa shape index (κ1) is 19.0. The summed E-state index contributed by atoms with van der Waals surface area (Å²) in [6, 6.07) is 7.31. The van der Waals surface area contributed by atoms with Crippen LogP contribution in [0.4, 0.5) is 10.5 Å². The number of hydrogen-bond donors (Lipinski definition) is 2. The van der Waals surface area contributed by atoms with Gasteiger partial charge in [0.15, 0.2) is 0 Å². The molecule has 26 heavy (non-hydrogen) atoms. The summed E-state index contributed by atoms with van der Waals surface area (Å²) in [4.78, 5) is 28.7. The highest BCUT2D eigenvalue weighted by atomic mass is 35.5. The van der Waals surface area contributed by atoms with Crippen LogP contribution in [-0.4, -0.2) is 55.1 Å². The number of piperazine rings is 1. The number of rotatable bonds is 4. The van der Waals surface area contributed by atoms with Crippen LogP contribution in [0.15, 0.2) is 24.3 Å². The molecule has 7 heteroatoms. The standard InChI is InChI=1S/C19H27ClN4O2/c1-14(18(25)22-19(26)21-15-6-2-3-7-15)23-10-12-24(13-11-23)17-9-5-4-8-16(17)20/h4-5,8-9,14-15H,2-3,6-7,10-13H2,1H3,(H2,21,22,25,26). The maximum Gasteiger partial charge on any atom is 0.321 e. The third-order valence-corrected chi connectivity index (χ3v) is 5.68. The Labute approximate surface area is 159 Å². The summed E-state index contributed by atoms with van der Waals surface area (Å²) in [5.74, 6) is -0.244. The van der Waals surface area contributed by atoms with E-state index in [4.69, 9.17) is 11.6 Å². The van der Waals surface area contributed by atoms with Crippen LogP contribution in [0.2, 0.25) is 5.02 Å². The summed E-state index contributed by atoms with van der Waals surface area (Å²) in [5.41, 5.74) is 1.03. The average Bonchev–Trinajstić information content (AvgIpc) is 3.14. The number of hydrogen-bond acceptors (Lipinski definition) is 4. The smallest absolute Gasteiger partial charge is 0.321 e. The molecule has 1 saturated heterocycles. The number of nitrogens with one attached hydrogen (secondary N) is 2. The van der Waals surface area contributed by atoms with Gasteiger partial charge in [-0.05, 0) is 31.9 Å². The first-order valence-corrected chi connectivity index (χ1v) is 9.77. The van der Waals surface area contributed by atoms with Gasteiger partial charge < -0.3 is 10.2 Å². The Morgan fingerprint density at radius 2 is 1.77 bits per heavy atom. The lowest BCUT2D eigenvalue weighted by Gasteiger charge is -2.38. The quantitative estimate of drug-likeness (QED) is 0.845. The predicted molar refractivity (Wildman–Crippen MR) is 104 cm³/mol. The van der Waals surface area contributed by atoms with Crippen LogP contribution in [-0.2, 0) is 4.79 Å². The molecule has 142 valence electrons. The van der Waals surface area contributed by atoms with E-state index in [0.29, 0.717) is 0 Å². The van der Waals surface area contributed by atoms with Crippen molar-refractivity contribution in [3.05, 3.63) is 29.3 Å². The second kappa shape index (κ2) is 8.73. The predicted octanol–water partition coefficient (Wildman–Crippen LogP) is 2.62. The Hall–Kier alpha value is -1.79. The Morgan fingerprint density at radius 3 is 2.42 bits per heavy atom. The Bertz CT molecular complexity index is 640. The van der Waals surface area contributed by atoms with E-state index >= 15 is 0 Å². The minimum atomic E-state index is -0.372. The van der Waals surface area contributed by atoms with E-state index < -0.39 is 0 Å². The zero-order chi connectivity index (χ0) is 18.5. The number of halogens is 1. The summed E-state index contributed by atoms with van der Waals surface area (Å²) >= 11 is 6.27. The van der Waals surface area contributed by atoms with Crippen LogP contribution in [0.3, 0.4) is 0 Å². The Morgan fingerprint density at radius 1 is 1.12 bits per heavy atom. The highest BCUT2D eigenvalue weighted by molar-refractivity contribution is 6.33. The number of carbonyl (C=O) groups is 2. The number of benzene rings is 1. The molecule has 1 aliphatic heterocycles. The average molecular weight is 379 g/mol. The first-order valence-electron chi connectivity index (χ1n) is 9.39. The maximum atomic E-state index is 12.4. The molecule has 1 aliphatic carbocycles.